The zero-order valence-corrected chi connectivity index (χ0v) is 13.8. The molecule has 2 rings (SSSR count). The van der Waals surface area contributed by atoms with Gasteiger partial charge in [-0.05, 0) is 31.2 Å². The molecule has 0 bridgehead atoms. The Kier molecular flexibility index (Phi) is 5.80. The number of carbonyl (C=O) groups excluding carboxylic acids is 1. The fourth-order valence-corrected chi connectivity index (χ4v) is 2.65. The number of benzene rings is 1. The third kappa shape index (κ3) is 4.75. The average Bonchev–Trinajstić information content (AvgIpc) is 2.97. The minimum atomic E-state index is -0.232. The molecule has 0 saturated heterocycles. The number of hydrogen-bond acceptors (Lipinski definition) is 5. The highest BCUT2D eigenvalue weighted by molar-refractivity contribution is 7.18. The van der Waals surface area contributed by atoms with E-state index >= 15 is 0 Å². The SMILES string of the molecule is COc1cccc(NCC(=O)N/N=C(/C)c2ccc(Cl)s2)c1. The van der Waals surface area contributed by atoms with Gasteiger partial charge in [0.15, 0.2) is 0 Å². The fraction of sp³-hybridized carbons (Fsp3) is 0.200. The first-order valence-corrected chi connectivity index (χ1v) is 7.74. The summed E-state index contributed by atoms with van der Waals surface area (Å²) in [6.45, 7) is 1.94. The number of nitrogens with one attached hydrogen (secondary N) is 2. The Morgan fingerprint density at radius 3 is 2.86 bits per heavy atom. The quantitative estimate of drug-likeness (QED) is 0.627. The highest BCUT2D eigenvalue weighted by Gasteiger charge is 2.04. The van der Waals surface area contributed by atoms with Crippen molar-refractivity contribution in [1.82, 2.24) is 5.43 Å². The normalized spacial score (nSPS) is 11.1. The number of anilines is 1. The molecule has 0 saturated carbocycles. The topological polar surface area (TPSA) is 62.7 Å². The maximum absolute atomic E-state index is 11.8. The van der Waals surface area contributed by atoms with Crippen molar-refractivity contribution < 1.29 is 9.53 Å². The molecule has 0 radical (unpaired) electrons. The number of hydrogen-bond donors (Lipinski definition) is 2. The van der Waals surface area contributed by atoms with Crippen molar-refractivity contribution in [2.75, 3.05) is 19.0 Å². The van der Waals surface area contributed by atoms with Crippen LogP contribution < -0.4 is 15.5 Å². The van der Waals surface area contributed by atoms with Crippen LogP contribution in [0.15, 0.2) is 41.5 Å². The Morgan fingerprint density at radius 2 is 2.18 bits per heavy atom. The van der Waals surface area contributed by atoms with E-state index in [-0.39, 0.29) is 12.5 Å². The highest BCUT2D eigenvalue weighted by Crippen LogP contribution is 2.21. The first kappa shape index (κ1) is 16.3. The summed E-state index contributed by atoms with van der Waals surface area (Å²) in [4.78, 5) is 12.7. The van der Waals surface area contributed by atoms with Crippen molar-refractivity contribution in [2.24, 2.45) is 5.10 Å². The fourth-order valence-electron chi connectivity index (χ4n) is 1.66. The molecule has 1 heterocycles. The largest absolute Gasteiger partial charge is 0.497 e. The molecule has 0 aliphatic rings. The highest BCUT2D eigenvalue weighted by atomic mass is 35.5. The number of hydrazone groups is 1. The van der Waals surface area contributed by atoms with Crippen LogP contribution in [0.5, 0.6) is 5.75 Å². The lowest BCUT2D eigenvalue weighted by Crippen LogP contribution is -2.26. The standard InChI is InChI=1S/C15H16ClN3O2S/c1-10(13-6-7-14(16)22-13)18-19-15(20)9-17-11-4-3-5-12(8-11)21-2/h3-8,17H,9H2,1-2H3,(H,19,20)/b18-10-. The van der Waals surface area contributed by atoms with Crippen molar-refractivity contribution >= 4 is 40.2 Å². The second-order valence-electron chi connectivity index (χ2n) is 4.42. The van der Waals surface area contributed by atoms with Crippen LogP contribution >= 0.6 is 22.9 Å². The van der Waals surface area contributed by atoms with E-state index in [0.717, 1.165) is 16.3 Å². The number of halogens is 1. The summed E-state index contributed by atoms with van der Waals surface area (Å²) in [5, 5.41) is 7.06. The predicted molar refractivity (Wildman–Crippen MR) is 91.2 cm³/mol. The molecule has 116 valence electrons. The molecule has 0 fully saturated rings. The molecule has 0 aliphatic carbocycles. The van der Waals surface area contributed by atoms with E-state index in [2.05, 4.69) is 15.8 Å². The first-order valence-electron chi connectivity index (χ1n) is 6.55. The minimum absolute atomic E-state index is 0.120. The van der Waals surface area contributed by atoms with E-state index in [4.69, 9.17) is 16.3 Å². The lowest BCUT2D eigenvalue weighted by molar-refractivity contribution is -0.119. The van der Waals surface area contributed by atoms with Gasteiger partial charge in [0, 0.05) is 11.8 Å². The first-order chi connectivity index (χ1) is 10.6. The molecule has 2 aromatic rings. The van der Waals surface area contributed by atoms with Crippen molar-refractivity contribution in [1.29, 1.82) is 0 Å². The summed E-state index contributed by atoms with van der Waals surface area (Å²) >= 11 is 7.28. The maximum atomic E-state index is 11.8. The Balaban J connectivity index is 1.85. The molecule has 1 aromatic heterocycles. The molecule has 1 amide bonds. The van der Waals surface area contributed by atoms with Crippen molar-refractivity contribution in [3.05, 3.63) is 45.6 Å². The van der Waals surface area contributed by atoms with Crippen LogP contribution in [-0.4, -0.2) is 25.3 Å². The van der Waals surface area contributed by atoms with E-state index in [1.54, 1.807) is 13.2 Å². The summed E-state index contributed by atoms with van der Waals surface area (Å²) in [6.07, 6.45) is 0. The molecule has 1 aromatic carbocycles. The van der Waals surface area contributed by atoms with Crippen LogP contribution in [0, 0.1) is 0 Å². The van der Waals surface area contributed by atoms with Gasteiger partial charge in [-0.15, -0.1) is 11.3 Å². The van der Waals surface area contributed by atoms with Gasteiger partial charge in [-0.1, -0.05) is 17.7 Å². The summed E-state index contributed by atoms with van der Waals surface area (Å²) < 4.78 is 5.81. The van der Waals surface area contributed by atoms with E-state index in [1.807, 2.05) is 37.3 Å². The third-order valence-electron chi connectivity index (χ3n) is 2.80. The third-order valence-corrected chi connectivity index (χ3v) is 4.14. The number of carbonyl (C=O) groups is 1. The molecule has 0 atom stereocenters. The number of rotatable bonds is 6. The van der Waals surface area contributed by atoms with Crippen LogP contribution in [-0.2, 0) is 4.79 Å². The van der Waals surface area contributed by atoms with Gasteiger partial charge < -0.3 is 10.1 Å². The Morgan fingerprint density at radius 1 is 1.36 bits per heavy atom. The summed E-state index contributed by atoms with van der Waals surface area (Å²) in [7, 11) is 1.60. The summed E-state index contributed by atoms with van der Waals surface area (Å²) in [5.41, 5.74) is 4.03. The minimum Gasteiger partial charge on any atom is -0.497 e. The zero-order chi connectivity index (χ0) is 15.9. The average molecular weight is 338 g/mol. The summed E-state index contributed by atoms with van der Waals surface area (Å²) in [6, 6.07) is 11.0. The van der Waals surface area contributed by atoms with E-state index < -0.39 is 0 Å². The number of methoxy groups -OCH3 is 1. The second kappa shape index (κ2) is 7.82. The Labute approximate surface area is 137 Å². The second-order valence-corrected chi connectivity index (χ2v) is 6.14. The Hall–Kier alpha value is -2.05. The van der Waals surface area contributed by atoms with Crippen molar-refractivity contribution in [3.8, 4) is 5.75 Å². The summed E-state index contributed by atoms with van der Waals surface area (Å²) in [5.74, 6) is 0.499. The molecule has 0 spiro atoms. The molecule has 0 unspecified atom stereocenters. The molecule has 2 N–H and O–H groups in total. The van der Waals surface area contributed by atoms with E-state index in [0.29, 0.717) is 10.0 Å². The van der Waals surface area contributed by atoms with Gasteiger partial charge in [0.05, 0.1) is 28.6 Å². The van der Waals surface area contributed by atoms with Crippen LogP contribution in [0.2, 0.25) is 4.34 Å². The molecule has 7 heteroatoms. The lowest BCUT2D eigenvalue weighted by Gasteiger charge is -2.07. The molecular weight excluding hydrogens is 322 g/mol. The molecular formula is C15H16ClN3O2S. The van der Waals surface area contributed by atoms with Crippen molar-refractivity contribution in [2.45, 2.75) is 6.92 Å². The monoisotopic (exact) mass is 337 g/mol. The number of thiophene rings is 1. The lowest BCUT2D eigenvalue weighted by atomic mass is 10.3. The number of amides is 1. The van der Waals surface area contributed by atoms with Gasteiger partial charge in [-0.25, -0.2) is 5.43 Å². The van der Waals surface area contributed by atoms with Crippen LogP contribution in [0.3, 0.4) is 0 Å². The number of ether oxygens (including phenoxy) is 1. The van der Waals surface area contributed by atoms with Gasteiger partial charge in [-0.2, -0.15) is 5.10 Å². The zero-order valence-electron chi connectivity index (χ0n) is 12.2. The smallest absolute Gasteiger partial charge is 0.259 e. The molecule has 22 heavy (non-hydrogen) atoms. The maximum Gasteiger partial charge on any atom is 0.259 e. The van der Waals surface area contributed by atoms with Gasteiger partial charge in [0.2, 0.25) is 0 Å². The van der Waals surface area contributed by atoms with Gasteiger partial charge >= 0.3 is 0 Å². The number of nitrogens with zero attached hydrogens (tertiary/aromatic N) is 1. The predicted octanol–water partition coefficient (Wildman–Crippen LogP) is 3.36. The van der Waals surface area contributed by atoms with E-state index in [1.165, 1.54) is 11.3 Å². The van der Waals surface area contributed by atoms with Crippen LogP contribution in [0.4, 0.5) is 5.69 Å². The van der Waals surface area contributed by atoms with Crippen LogP contribution in [0.1, 0.15) is 11.8 Å². The van der Waals surface area contributed by atoms with Crippen LogP contribution in [0.25, 0.3) is 0 Å². The Bertz CT molecular complexity index is 685. The van der Waals surface area contributed by atoms with Crippen molar-refractivity contribution in [3.63, 3.8) is 0 Å². The van der Waals surface area contributed by atoms with Gasteiger partial charge in [0.25, 0.3) is 5.91 Å². The van der Waals surface area contributed by atoms with Gasteiger partial charge in [0.1, 0.15) is 5.75 Å². The van der Waals surface area contributed by atoms with Gasteiger partial charge in [-0.3, -0.25) is 4.79 Å². The molecule has 0 aliphatic heterocycles. The van der Waals surface area contributed by atoms with E-state index in [9.17, 15) is 4.79 Å². The molecule has 5 nitrogen and oxygen atoms in total.